The first kappa shape index (κ1) is 8.68. The van der Waals surface area contributed by atoms with E-state index in [1.807, 2.05) is 0 Å². The molecule has 0 aromatic heterocycles. The molecule has 0 heterocycles. The summed E-state index contributed by atoms with van der Waals surface area (Å²) in [5.74, 6) is -0.260. The highest BCUT2D eigenvalue weighted by Gasteiger charge is 2.00. The first-order valence-corrected chi connectivity index (χ1v) is 2.86. The lowest BCUT2D eigenvalue weighted by Gasteiger charge is -1.97. The van der Waals surface area contributed by atoms with Crippen LogP contribution in [0.2, 0.25) is 0 Å². The van der Waals surface area contributed by atoms with Gasteiger partial charge in [0.05, 0.1) is 5.57 Å². The number of hydrogen-bond acceptors (Lipinski definition) is 3. The normalized spacial score (nSPS) is 10.4. The number of likely N-dealkylation sites (N-methyl/N-ethyl adjacent to an activating group) is 1. The van der Waals surface area contributed by atoms with Gasteiger partial charge < -0.3 is 16.0 Å². The van der Waals surface area contributed by atoms with Crippen molar-refractivity contribution in [3.05, 3.63) is 11.8 Å². The Morgan fingerprint density at radius 3 is 2.40 bits per heavy atom. The van der Waals surface area contributed by atoms with Crippen LogP contribution < -0.4 is 10.6 Å². The zero-order valence-corrected chi connectivity index (χ0v) is 6.06. The lowest BCUT2D eigenvalue weighted by atomic mass is 10.3. The number of carbonyl (C=O) groups is 1. The van der Waals surface area contributed by atoms with Crippen molar-refractivity contribution in [3.63, 3.8) is 0 Å². The van der Waals surface area contributed by atoms with Crippen molar-refractivity contribution in [1.82, 2.24) is 10.6 Å². The fraction of sp³-hybridized carbons (Fsp3) is 0.333. The molecule has 0 aliphatic rings. The van der Waals surface area contributed by atoms with Crippen LogP contribution in [-0.2, 0) is 4.79 Å². The number of rotatable bonds is 3. The molecule has 1 amide bonds. The van der Waals surface area contributed by atoms with E-state index >= 15 is 0 Å². The molecule has 0 saturated carbocycles. The van der Waals surface area contributed by atoms with Crippen molar-refractivity contribution < 1.29 is 4.79 Å². The molecule has 0 aromatic carbocycles. The second-order valence-electron chi connectivity index (χ2n) is 1.61. The first-order chi connectivity index (χ1) is 4.76. The molecule has 3 N–H and O–H groups in total. The van der Waals surface area contributed by atoms with Crippen molar-refractivity contribution in [2.45, 2.75) is 0 Å². The molecule has 0 radical (unpaired) electrons. The van der Waals surface area contributed by atoms with Crippen LogP contribution in [0.5, 0.6) is 0 Å². The van der Waals surface area contributed by atoms with Gasteiger partial charge in [-0.3, -0.25) is 4.79 Å². The van der Waals surface area contributed by atoms with E-state index < -0.39 is 0 Å². The lowest BCUT2D eigenvalue weighted by Crippen LogP contribution is -2.21. The average Bonchev–Trinajstić information content (AvgIpc) is 1.99. The second-order valence-corrected chi connectivity index (χ2v) is 1.61. The summed E-state index contributed by atoms with van der Waals surface area (Å²) in [5, 5.41) is 11.9. The molecular weight excluding hydrogens is 130 g/mol. The lowest BCUT2D eigenvalue weighted by molar-refractivity contribution is -0.116. The maximum absolute atomic E-state index is 10.8. The van der Waals surface area contributed by atoms with Crippen LogP contribution in [0.4, 0.5) is 0 Å². The summed E-state index contributed by atoms with van der Waals surface area (Å²) in [6.07, 6.45) is 2.46. The van der Waals surface area contributed by atoms with Crippen LogP contribution in [-0.4, -0.2) is 26.2 Å². The van der Waals surface area contributed by atoms with Gasteiger partial charge in [-0.15, -0.1) is 0 Å². The van der Waals surface area contributed by atoms with Gasteiger partial charge in [0, 0.05) is 26.5 Å². The number of hydrogen-bond donors (Lipinski definition) is 3. The molecule has 0 unspecified atom stereocenters. The first-order valence-electron chi connectivity index (χ1n) is 2.86. The van der Waals surface area contributed by atoms with E-state index in [1.54, 1.807) is 7.05 Å². The van der Waals surface area contributed by atoms with Gasteiger partial charge in [-0.2, -0.15) is 0 Å². The zero-order chi connectivity index (χ0) is 7.98. The standard InChI is InChI=1S/C6H11N3O/c1-8-4-5(3-7)6(10)9-2/h3-4,7-8H,1-2H3,(H,9,10)/b5-4+,7-3?. The Hall–Kier alpha value is -1.32. The van der Waals surface area contributed by atoms with Gasteiger partial charge in [0.1, 0.15) is 0 Å². The quantitative estimate of drug-likeness (QED) is 0.366. The molecule has 0 atom stereocenters. The molecule has 0 rings (SSSR count). The number of nitrogens with one attached hydrogen (secondary N) is 3. The largest absolute Gasteiger partial charge is 0.393 e. The summed E-state index contributed by atoms with van der Waals surface area (Å²) in [6, 6.07) is 0. The summed E-state index contributed by atoms with van der Waals surface area (Å²) in [7, 11) is 3.20. The third kappa shape index (κ3) is 2.30. The van der Waals surface area contributed by atoms with Gasteiger partial charge in [0.2, 0.25) is 0 Å². The minimum Gasteiger partial charge on any atom is -0.393 e. The Balaban J connectivity index is 4.20. The Labute approximate surface area is 59.8 Å². The van der Waals surface area contributed by atoms with E-state index in [1.165, 1.54) is 13.2 Å². The summed E-state index contributed by atoms with van der Waals surface area (Å²) in [5.41, 5.74) is 0.310. The van der Waals surface area contributed by atoms with Gasteiger partial charge in [0.25, 0.3) is 5.91 Å². The van der Waals surface area contributed by atoms with Crippen molar-refractivity contribution in [3.8, 4) is 0 Å². The summed E-state index contributed by atoms with van der Waals surface area (Å²) in [6.45, 7) is 0. The smallest absolute Gasteiger partial charge is 0.254 e. The van der Waals surface area contributed by atoms with Gasteiger partial charge in [0.15, 0.2) is 0 Å². The Morgan fingerprint density at radius 1 is 1.50 bits per heavy atom. The highest BCUT2D eigenvalue weighted by Crippen LogP contribution is 1.84. The summed E-state index contributed by atoms with van der Waals surface area (Å²) < 4.78 is 0. The number of carbonyl (C=O) groups excluding carboxylic acids is 1. The van der Waals surface area contributed by atoms with Gasteiger partial charge in [-0.05, 0) is 0 Å². The van der Waals surface area contributed by atoms with Crippen molar-refractivity contribution >= 4 is 12.1 Å². The molecule has 0 bridgehead atoms. The molecule has 0 aliphatic carbocycles. The zero-order valence-electron chi connectivity index (χ0n) is 6.06. The maximum Gasteiger partial charge on any atom is 0.254 e. The number of amides is 1. The average molecular weight is 141 g/mol. The maximum atomic E-state index is 10.8. The molecular formula is C6H11N3O. The summed E-state index contributed by atoms with van der Waals surface area (Å²) in [4.78, 5) is 10.8. The van der Waals surface area contributed by atoms with Crippen LogP contribution in [0.15, 0.2) is 11.8 Å². The highest BCUT2D eigenvalue weighted by molar-refractivity contribution is 6.11. The van der Waals surface area contributed by atoms with E-state index in [0.29, 0.717) is 5.57 Å². The second kappa shape index (κ2) is 4.55. The topological polar surface area (TPSA) is 65.0 Å². The van der Waals surface area contributed by atoms with Crippen molar-refractivity contribution in [2.24, 2.45) is 0 Å². The molecule has 4 heteroatoms. The molecule has 10 heavy (non-hydrogen) atoms. The predicted octanol–water partition coefficient (Wildman–Crippen LogP) is -0.515. The van der Waals surface area contributed by atoms with Crippen LogP contribution in [0, 0.1) is 5.41 Å². The molecule has 0 spiro atoms. The summed E-state index contributed by atoms with van der Waals surface area (Å²) >= 11 is 0. The Morgan fingerprint density at radius 2 is 2.10 bits per heavy atom. The molecule has 56 valence electrons. The Kier molecular flexibility index (Phi) is 3.95. The van der Waals surface area contributed by atoms with Crippen LogP contribution >= 0.6 is 0 Å². The van der Waals surface area contributed by atoms with E-state index in [4.69, 9.17) is 5.41 Å². The van der Waals surface area contributed by atoms with Gasteiger partial charge >= 0.3 is 0 Å². The molecule has 0 aromatic rings. The van der Waals surface area contributed by atoms with E-state index in [0.717, 1.165) is 6.21 Å². The highest BCUT2D eigenvalue weighted by atomic mass is 16.1. The van der Waals surface area contributed by atoms with Gasteiger partial charge in [-0.25, -0.2) is 0 Å². The Bertz CT molecular complexity index is 162. The van der Waals surface area contributed by atoms with Crippen molar-refractivity contribution in [1.29, 1.82) is 5.41 Å². The monoisotopic (exact) mass is 141 g/mol. The van der Waals surface area contributed by atoms with Gasteiger partial charge in [-0.1, -0.05) is 0 Å². The third-order valence-electron chi connectivity index (χ3n) is 0.945. The minimum atomic E-state index is -0.260. The predicted molar refractivity (Wildman–Crippen MR) is 40.0 cm³/mol. The van der Waals surface area contributed by atoms with E-state index in [-0.39, 0.29) is 5.91 Å². The van der Waals surface area contributed by atoms with Crippen LogP contribution in [0.1, 0.15) is 0 Å². The van der Waals surface area contributed by atoms with Crippen LogP contribution in [0.25, 0.3) is 0 Å². The van der Waals surface area contributed by atoms with E-state index in [9.17, 15) is 4.79 Å². The van der Waals surface area contributed by atoms with E-state index in [2.05, 4.69) is 10.6 Å². The minimum absolute atomic E-state index is 0.260. The molecule has 4 nitrogen and oxygen atoms in total. The SMILES string of the molecule is CN/C=C(\C=N)C(=O)NC. The fourth-order valence-corrected chi connectivity index (χ4v) is 0.473. The van der Waals surface area contributed by atoms with Crippen molar-refractivity contribution in [2.75, 3.05) is 14.1 Å². The molecule has 0 aliphatic heterocycles. The molecule has 0 fully saturated rings. The molecule has 0 saturated heterocycles. The van der Waals surface area contributed by atoms with Crippen LogP contribution in [0.3, 0.4) is 0 Å². The third-order valence-corrected chi connectivity index (χ3v) is 0.945. The fourth-order valence-electron chi connectivity index (χ4n) is 0.473.